The molecule has 1 atom stereocenters. The summed E-state index contributed by atoms with van der Waals surface area (Å²) in [5, 5.41) is 0. The summed E-state index contributed by atoms with van der Waals surface area (Å²) in [6, 6.07) is 4.48. The summed E-state index contributed by atoms with van der Waals surface area (Å²) in [4.78, 5) is 0. The van der Waals surface area contributed by atoms with Gasteiger partial charge in [0.25, 0.3) is 0 Å². The standard InChI is InChI=1S/C15H20FNO/c1-15(2,3)9-5-6-13(17)11-7-8-14(18-4)12(16)10-11/h7-8,10,13H,6,17H2,1-4H3. The maximum atomic E-state index is 13.5. The average Bonchev–Trinajstić information content (AvgIpc) is 2.27. The molecule has 0 aliphatic carbocycles. The van der Waals surface area contributed by atoms with E-state index < -0.39 is 5.82 Å². The van der Waals surface area contributed by atoms with E-state index in [-0.39, 0.29) is 17.2 Å². The maximum Gasteiger partial charge on any atom is 0.165 e. The first-order valence-electron chi connectivity index (χ1n) is 5.92. The second-order valence-electron chi connectivity index (χ2n) is 5.26. The van der Waals surface area contributed by atoms with Crippen LogP contribution in [0.25, 0.3) is 0 Å². The highest BCUT2D eigenvalue weighted by Crippen LogP contribution is 2.22. The molecule has 0 fully saturated rings. The first-order valence-corrected chi connectivity index (χ1v) is 5.92. The molecule has 0 bridgehead atoms. The molecule has 0 saturated carbocycles. The van der Waals surface area contributed by atoms with Crippen LogP contribution in [0.15, 0.2) is 18.2 Å². The summed E-state index contributed by atoms with van der Waals surface area (Å²) in [6.07, 6.45) is 0.517. The number of hydrogen-bond acceptors (Lipinski definition) is 2. The monoisotopic (exact) mass is 249 g/mol. The van der Waals surface area contributed by atoms with E-state index >= 15 is 0 Å². The quantitative estimate of drug-likeness (QED) is 0.834. The summed E-state index contributed by atoms with van der Waals surface area (Å²) >= 11 is 0. The van der Waals surface area contributed by atoms with Crippen LogP contribution in [-0.2, 0) is 0 Å². The predicted octanol–water partition coefficient (Wildman–Crippen LogP) is 3.27. The van der Waals surface area contributed by atoms with Crippen molar-refractivity contribution >= 4 is 0 Å². The lowest BCUT2D eigenvalue weighted by atomic mass is 9.97. The molecular formula is C15H20FNO. The van der Waals surface area contributed by atoms with Crippen molar-refractivity contribution in [1.29, 1.82) is 0 Å². The summed E-state index contributed by atoms with van der Waals surface area (Å²) in [7, 11) is 1.44. The van der Waals surface area contributed by atoms with Crippen LogP contribution in [-0.4, -0.2) is 7.11 Å². The van der Waals surface area contributed by atoms with E-state index in [4.69, 9.17) is 10.5 Å². The third kappa shape index (κ3) is 4.38. The fourth-order valence-electron chi connectivity index (χ4n) is 1.46. The van der Waals surface area contributed by atoms with Gasteiger partial charge in [0.1, 0.15) is 0 Å². The molecule has 18 heavy (non-hydrogen) atoms. The lowest BCUT2D eigenvalue weighted by Gasteiger charge is -2.11. The van der Waals surface area contributed by atoms with Crippen molar-refractivity contribution in [3.05, 3.63) is 29.6 Å². The van der Waals surface area contributed by atoms with Crippen LogP contribution >= 0.6 is 0 Å². The molecule has 2 N–H and O–H groups in total. The van der Waals surface area contributed by atoms with E-state index in [9.17, 15) is 4.39 Å². The number of halogens is 1. The van der Waals surface area contributed by atoms with Crippen LogP contribution < -0.4 is 10.5 Å². The zero-order valence-electron chi connectivity index (χ0n) is 11.4. The third-order valence-electron chi connectivity index (χ3n) is 2.39. The molecule has 1 aromatic rings. The lowest BCUT2D eigenvalue weighted by molar-refractivity contribution is 0.386. The van der Waals surface area contributed by atoms with E-state index in [1.54, 1.807) is 12.1 Å². The Morgan fingerprint density at radius 2 is 2.06 bits per heavy atom. The van der Waals surface area contributed by atoms with Crippen LogP contribution in [0, 0.1) is 23.1 Å². The summed E-state index contributed by atoms with van der Waals surface area (Å²) in [5.41, 5.74) is 6.67. The minimum absolute atomic E-state index is 0.0368. The summed E-state index contributed by atoms with van der Waals surface area (Å²) in [6.45, 7) is 6.12. The molecular weight excluding hydrogens is 229 g/mol. The Morgan fingerprint density at radius 1 is 1.39 bits per heavy atom. The van der Waals surface area contributed by atoms with Gasteiger partial charge in [-0.15, -0.1) is 5.92 Å². The Hall–Kier alpha value is -1.53. The van der Waals surface area contributed by atoms with Gasteiger partial charge in [0.15, 0.2) is 11.6 Å². The minimum atomic E-state index is -0.394. The normalized spacial score (nSPS) is 12.6. The van der Waals surface area contributed by atoms with E-state index in [1.807, 2.05) is 20.8 Å². The highest BCUT2D eigenvalue weighted by Gasteiger charge is 2.09. The van der Waals surface area contributed by atoms with Gasteiger partial charge in [0.2, 0.25) is 0 Å². The average molecular weight is 249 g/mol. The molecule has 0 amide bonds. The van der Waals surface area contributed by atoms with Crippen molar-refractivity contribution in [2.45, 2.75) is 33.2 Å². The van der Waals surface area contributed by atoms with Gasteiger partial charge in [0, 0.05) is 17.9 Å². The fraction of sp³-hybridized carbons (Fsp3) is 0.467. The van der Waals surface area contributed by atoms with Crippen LogP contribution in [0.4, 0.5) is 4.39 Å². The van der Waals surface area contributed by atoms with Crippen molar-refractivity contribution in [2.75, 3.05) is 7.11 Å². The topological polar surface area (TPSA) is 35.2 Å². The van der Waals surface area contributed by atoms with Crippen LogP contribution in [0.5, 0.6) is 5.75 Å². The van der Waals surface area contributed by atoms with E-state index in [0.717, 1.165) is 5.56 Å². The molecule has 0 heterocycles. The Morgan fingerprint density at radius 3 is 2.56 bits per heavy atom. The molecule has 0 aliphatic heterocycles. The molecule has 2 nitrogen and oxygen atoms in total. The van der Waals surface area contributed by atoms with E-state index in [1.165, 1.54) is 13.2 Å². The first-order chi connectivity index (χ1) is 8.33. The number of benzene rings is 1. The minimum Gasteiger partial charge on any atom is -0.494 e. The molecule has 1 aromatic carbocycles. The van der Waals surface area contributed by atoms with Gasteiger partial charge >= 0.3 is 0 Å². The summed E-state index contributed by atoms with van der Waals surface area (Å²) in [5.74, 6) is 5.99. The molecule has 98 valence electrons. The van der Waals surface area contributed by atoms with Crippen molar-refractivity contribution in [3.63, 3.8) is 0 Å². The van der Waals surface area contributed by atoms with Crippen LogP contribution in [0.1, 0.15) is 38.8 Å². The highest BCUT2D eigenvalue weighted by molar-refractivity contribution is 5.31. The van der Waals surface area contributed by atoms with Gasteiger partial charge in [0.05, 0.1) is 7.11 Å². The lowest BCUT2D eigenvalue weighted by Crippen LogP contribution is -2.10. The van der Waals surface area contributed by atoms with Gasteiger partial charge in [-0.2, -0.15) is 0 Å². The van der Waals surface area contributed by atoms with Crippen molar-refractivity contribution in [2.24, 2.45) is 11.1 Å². The second kappa shape index (κ2) is 5.88. The van der Waals surface area contributed by atoms with Crippen molar-refractivity contribution in [1.82, 2.24) is 0 Å². The van der Waals surface area contributed by atoms with E-state index in [2.05, 4.69) is 11.8 Å². The van der Waals surface area contributed by atoms with Crippen molar-refractivity contribution < 1.29 is 9.13 Å². The molecule has 1 rings (SSSR count). The fourth-order valence-corrected chi connectivity index (χ4v) is 1.46. The molecule has 0 spiro atoms. The number of nitrogens with two attached hydrogens (primary N) is 1. The van der Waals surface area contributed by atoms with Crippen LogP contribution in [0.3, 0.4) is 0 Å². The molecule has 1 unspecified atom stereocenters. The van der Waals surface area contributed by atoms with Crippen LogP contribution in [0.2, 0.25) is 0 Å². The van der Waals surface area contributed by atoms with Crippen molar-refractivity contribution in [3.8, 4) is 17.6 Å². The molecule has 0 aromatic heterocycles. The number of rotatable bonds is 3. The Labute approximate surface area is 108 Å². The molecule has 0 aliphatic rings. The largest absolute Gasteiger partial charge is 0.494 e. The van der Waals surface area contributed by atoms with Gasteiger partial charge < -0.3 is 10.5 Å². The SMILES string of the molecule is COc1ccc(C(N)CC#CC(C)(C)C)cc1F. The second-order valence-corrected chi connectivity index (χ2v) is 5.26. The maximum absolute atomic E-state index is 13.5. The Kier molecular flexibility index (Phi) is 4.75. The number of hydrogen-bond donors (Lipinski definition) is 1. The first kappa shape index (κ1) is 14.5. The van der Waals surface area contributed by atoms with E-state index in [0.29, 0.717) is 6.42 Å². The smallest absolute Gasteiger partial charge is 0.165 e. The van der Waals surface area contributed by atoms with Gasteiger partial charge in [-0.25, -0.2) is 4.39 Å². The Balaban J connectivity index is 2.75. The van der Waals surface area contributed by atoms with Gasteiger partial charge in [-0.1, -0.05) is 12.0 Å². The van der Waals surface area contributed by atoms with Gasteiger partial charge in [-0.05, 0) is 38.5 Å². The Bertz CT molecular complexity index is 466. The predicted molar refractivity (Wildman–Crippen MR) is 71.7 cm³/mol. The number of ether oxygens (including phenoxy) is 1. The zero-order valence-corrected chi connectivity index (χ0v) is 11.4. The summed E-state index contributed by atoms with van der Waals surface area (Å²) < 4.78 is 18.4. The highest BCUT2D eigenvalue weighted by atomic mass is 19.1. The zero-order chi connectivity index (χ0) is 13.8. The molecule has 3 heteroatoms. The van der Waals surface area contributed by atoms with Gasteiger partial charge in [-0.3, -0.25) is 0 Å². The molecule has 0 saturated heterocycles. The third-order valence-corrected chi connectivity index (χ3v) is 2.39. The number of methoxy groups -OCH3 is 1. The molecule has 0 radical (unpaired) electrons.